The molecule has 0 nitrogen and oxygen atoms in total. The molecule has 0 amide bonds. The summed E-state index contributed by atoms with van der Waals surface area (Å²) in [7, 11) is 0. The summed E-state index contributed by atoms with van der Waals surface area (Å²) in [6.07, 6.45) is 4.63. The first-order valence-electron chi connectivity index (χ1n) is 4.16. The molecule has 0 heteroatoms. The van der Waals surface area contributed by atoms with Gasteiger partial charge in [-0.15, -0.1) is 0 Å². The van der Waals surface area contributed by atoms with E-state index in [9.17, 15) is 0 Å². The minimum atomic E-state index is 0.850. The Balaban J connectivity index is 3.26. The fourth-order valence-electron chi connectivity index (χ4n) is 0.780. The summed E-state index contributed by atoms with van der Waals surface area (Å²) < 4.78 is 0. The van der Waals surface area contributed by atoms with Crippen LogP contribution in [-0.2, 0) is 0 Å². The third-order valence-corrected chi connectivity index (χ3v) is 2.04. The average Bonchev–Trinajstić information content (AvgIpc) is 1.99. The second-order valence-corrected chi connectivity index (χ2v) is 3.05. The van der Waals surface area contributed by atoms with Crippen LogP contribution in [0.2, 0.25) is 0 Å². The van der Waals surface area contributed by atoms with Crippen molar-refractivity contribution < 1.29 is 0 Å². The van der Waals surface area contributed by atoms with Crippen LogP contribution in [0.3, 0.4) is 0 Å². The molecule has 0 aliphatic rings. The van der Waals surface area contributed by atoms with E-state index in [1.807, 2.05) is 0 Å². The Morgan fingerprint density at radius 1 is 1.50 bits per heavy atom. The van der Waals surface area contributed by atoms with Gasteiger partial charge in [-0.25, -0.2) is 0 Å². The van der Waals surface area contributed by atoms with Crippen LogP contribution >= 0.6 is 0 Å². The van der Waals surface area contributed by atoms with Crippen LogP contribution in [0.4, 0.5) is 0 Å². The van der Waals surface area contributed by atoms with Crippen molar-refractivity contribution in [3.8, 4) is 0 Å². The maximum absolute atomic E-state index is 3.92. The number of hydrogen-bond donors (Lipinski definition) is 0. The molecule has 1 radical (unpaired) electrons. The minimum absolute atomic E-state index is 0.850. The van der Waals surface area contributed by atoms with E-state index in [-0.39, 0.29) is 0 Å². The first-order chi connectivity index (χ1) is 4.70. The van der Waals surface area contributed by atoms with Crippen molar-refractivity contribution >= 4 is 0 Å². The normalized spacial score (nSPS) is 13.1. The van der Waals surface area contributed by atoms with Gasteiger partial charge in [0, 0.05) is 0 Å². The standard InChI is InChI=1S/C10H19/c1-5-9(3)7-8-10(4)6-2/h10H,1,3,5-8H2,2,4H3. The quantitative estimate of drug-likeness (QED) is 0.510. The van der Waals surface area contributed by atoms with Crippen molar-refractivity contribution in [1.82, 2.24) is 0 Å². The monoisotopic (exact) mass is 139 g/mol. The van der Waals surface area contributed by atoms with E-state index in [0.717, 1.165) is 12.3 Å². The molecule has 0 heterocycles. The molecule has 0 aromatic heterocycles. The lowest BCUT2D eigenvalue weighted by molar-refractivity contribution is 0.514. The molecule has 10 heavy (non-hydrogen) atoms. The zero-order valence-electron chi connectivity index (χ0n) is 7.32. The molecular weight excluding hydrogens is 120 g/mol. The number of rotatable bonds is 5. The van der Waals surface area contributed by atoms with Gasteiger partial charge in [0.1, 0.15) is 0 Å². The molecule has 0 saturated heterocycles. The van der Waals surface area contributed by atoms with Gasteiger partial charge in [0.05, 0.1) is 0 Å². The third-order valence-electron chi connectivity index (χ3n) is 2.04. The van der Waals surface area contributed by atoms with Crippen LogP contribution in [0.15, 0.2) is 12.2 Å². The maximum Gasteiger partial charge on any atom is -0.0320 e. The van der Waals surface area contributed by atoms with Gasteiger partial charge in [-0.1, -0.05) is 32.4 Å². The highest BCUT2D eigenvalue weighted by atomic mass is 14.0. The Morgan fingerprint density at radius 3 is 2.50 bits per heavy atom. The van der Waals surface area contributed by atoms with Gasteiger partial charge in [-0.2, -0.15) is 0 Å². The highest BCUT2D eigenvalue weighted by molar-refractivity contribution is 4.94. The lowest BCUT2D eigenvalue weighted by atomic mass is 9.99. The van der Waals surface area contributed by atoms with Crippen molar-refractivity contribution in [3.05, 3.63) is 19.1 Å². The molecule has 59 valence electrons. The van der Waals surface area contributed by atoms with Crippen LogP contribution in [0, 0.1) is 12.8 Å². The van der Waals surface area contributed by atoms with E-state index >= 15 is 0 Å². The van der Waals surface area contributed by atoms with Gasteiger partial charge in [0.2, 0.25) is 0 Å². The van der Waals surface area contributed by atoms with Crippen LogP contribution in [-0.4, -0.2) is 0 Å². The summed E-state index contributed by atoms with van der Waals surface area (Å²) in [6, 6.07) is 0. The van der Waals surface area contributed by atoms with Crippen LogP contribution < -0.4 is 0 Å². The molecule has 0 N–H and O–H groups in total. The van der Waals surface area contributed by atoms with Crippen LogP contribution in [0.25, 0.3) is 0 Å². The predicted octanol–water partition coefficient (Wildman–Crippen LogP) is 3.59. The molecule has 0 aromatic carbocycles. The summed E-state index contributed by atoms with van der Waals surface area (Å²) >= 11 is 0. The predicted molar refractivity (Wildman–Crippen MR) is 47.8 cm³/mol. The third kappa shape index (κ3) is 4.60. The molecule has 0 bridgehead atoms. The molecule has 0 rings (SSSR count). The van der Waals surface area contributed by atoms with Gasteiger partial charge in [-0.05, 0) is 32.1 Å². The van der Waals surface area contributed by atoms with Gasteiger partial charge in [0.25, 0.3) is 0 Å². The molecule has 0 aliphatic heterocycles. The number of allylic oxidation sites excluding steroid dienone is 1. The Morgan fingerprint density at radius 2 is 2.10 bits per heavy atom. The lowest BCUT2D eigenvalue weighted by Crippen LogP contribution is -1.92. The molecular formula is C10H19. The zero-order chi connectivity index (χ0) is 7.98. The van der Waals surface area contributed by atoms with Crippen molar-refractivity contribution in [1.29, 1.82) is 0 Å². The van der Waals surface area contributed by atoms with E-state index in [4.69, 9.17) is 0 Å². The second-order valence-electron chi connectivity index (χ2n) is 3.05. The topological polar surface area (TPSA) is 0 Å². The molecule has 1 unspecified atom stereocenters. The largest absolute Gasteiger partial charge is 0.0999 e. The Labute approximate surface area is 65.3 Å². The highest BCUT2D eigenvalue weighted by Crippen LogP contribution is 2.14. The molecule has 1 atom stereocenters. The Bertz CT molecular complexity index is 92.2. The van der Waals surface area contributed by atoms with Gasteiger partial charge in [-0.3, -0.25) is 0 Å². The fourth-order valence-corrected chi connectivity index (χ4v) is 0.780. The van der Waals surface area contributed by atoms with E-state index in [2.05, 4.69) is 27.4 Å². The first-order valence-corrected chi connectivity index (χ1v) is 4.16. The van der Waals surface area contributed by atoms with E-state index < -0.39 is 0 Å². The van der Waals surface area contributed by atoms with Crippen molar-refractivity contribution in [2.45, 2.75) is 39.5 Å². The van der Waals surface area contributed by atoms with E-state index in [0.29, 0.717) is 0 Å². The second kappa shape index (κ2) is 5.52. The summed E-state index contributed by atoms with van der Waals surface area (Å²) in [5.74, 6) is 0.850. The Hall–Kier alpha value is -0.260. The lowest BCUT2D eigenvalue weighted by Gasteiger charge is -2.07. The van der Waals surface area contributed by atoms with Gasteiger partial charge in [0.15, 0.2) is 0 Å². The van der Waals surface area contributed by atoms with Crippen molar-refractivity contribution in [2.75, 3.05) is 0 Å². The SMILES string of the molecule is [CH2]CC(=C)CCC(C)CC. The molecule has 0 fully saturated rings. The van der Waals surface area contributed by atoms with Gasteiger partial charge < -0.3 is 0 Å². The van der Waals surface area contributed by atoms with Crippen LogP contribution in [0.1, 0.15) is 39.5 Å². The summed E-state index contributed by atoms with van der Waals surface area (Å²) in [5.41, 5.74) is 1.29. The summed E-state index contributed by atoms with van der Waals surface area (Å²) in [6.45, 7) is 12.2. The van der Waals surface area contributed by atoms with Gasteiger partial charge >= 0.3 is 0 Å². The summed E-state index contributed by atoms with van der Waals surface area (Å²) in [4.78, 5) is 0. The van der Waals surface area contributed by atoms with Crippen molar-refractivity contribution in [3.63, 3.8) is 0 Å². The Kier molecular flexibility index (Phi) is 5.38. The zero-order valence-corrected chi connectivity index (χ0v) is 7.32. The molecule has 0 aliphatic carbocycles. The number of hydrogen-bond acceptors (Lipinski definition) is 0. The average molecular weight is 139 g/mol. The van der Waals surface area contributed by atoms with E-state index in [1.54, 1.807) is 0 Å². The smallest absolute Gasteiger partial charge is 0.0320 e. The molecule has 0 spiro atoms. The summed E-state index contributed by atoms with van der Waals surface area (Å²) in [5, 5.41) is 0. The first kappa shape index (κ1) is 9.74. The molecule has 0 saturated carbocycles. The fraction of sp³-hybridized carbons (Fsp3) is 0.700. The van der Waals surface area contributed by atoms with Crippen LogP contribution in [0.5, 0.6) is 0 Å². The minimum Gasteiger partial charge on any atom is -0.0999 e. The van der Waals surface area contributed by atoms with Crippen molar-refractivity contribution in [2.24, 2.45) is 5.92 Å². The molecule has 0 aromatic rings. The van der Waals surface area contributed by atoms with E-state index in [1.165, 1.54) is 24.8 Å². The maximum atomic E-state index is 3.92. The highest BCUT2D eigenvalue weighted by Gasteiger charge is 1.98.